The van der Waals surface area contributed by atoms with Gasteiger partial charge >= 0.3 is 0 Å². The lowest BCUT2D eigenvalue weighted by molar-refractivity contribution is -0.138. The van der Waals surface area contributed by atoms with Gasteiger partial charge in [0, 0.05) is 37.5 Å². The molecule has 0 aromatic rings. The molecule has 2 saturated heterocycles. The first-order chi connectivity index (χ1) is 8.22. The lowest BCUT2D eigenvalue weighted by Gasteiger charge is -2.47. The zero-order chi connectivity index (χ0) is 12.3. The molecular formula is C13H23ClN2O. The number of hydrogen-bond donors (Lipinski definition) is 0. The molecular weight excluding hydrogens is 236 g/mol. The molecule has 1 amide bonds. The summed E-state index contributed by atoms with van der Waals surface area (Å²) < 4.78 is 0. The van der Waals surface area contributed by atoms with Crippen LogP contribution in [0.2, 0.25) is 0 Å². The summed E-state index contributed by atoms with van der Waals surface area (Å²) >= 11 is 5.65. The molecule has 0 N–H and O–H groups in total. The maximum atomic E-state index is 12.1. The maximum absolute atomic E-state index is 12.1. The Morgan fingerprint density at radius 3 is 2.94 bits per heavy atom. The number of rotatable bonds is 3. The summed E-state index contributed by atoms with van der Waals surface area (Å²) in [5.74, 6) is 0.882. The van der Waals surface area contributed by atoms with Crippen LogP contribution in [0.3, 0.4) is 0 Å². The molecule has 98 valence electrons. The molecule has 0 spiro atoms. The van der Waals surface area contributed by atoms with E-state index in [0.29, 0.717) is 30.3 Å². The molecule has 2 aliphatic rings. The summed E-state index contributed by atoms with van der Waals surface area (Å²) in [5.41, 5.74) is 0. The van der Waals surface area contributed by atoms with Crippen molar-refractivity contribution >= 4 is 17.5 Å². The van der Waals surface area contributed by atoms with Gasteiger partial charge in [0.2, 0.25) is 5.91 Å². The van der Waals surface area contributed by atoms with Gasteiger partial charge in [-0.25, -0.2) is 0 Å². The van der Waals surface area contributed by atoms with Gasteiger partial charge in [0.05, 0.1) is 0 Å². The number of hydrogen-bond acceptors (Lipinski definition) is 2. The van der Waals surface area contributed by atoms with Crippen molar-refractivity contribution in [1.82, 2.24) is 9.80 Å². The van der Waals surface area contributed by atoms with E-state index in [2.05, 4.69) is 16.7 Å². The lowest BCUT2D eigenvalue weighted by atomic mass is 9.97. The molecule has 0 bridgehead atoms. The molecule has 2 unspecified atom stereocenters. The predicted octanol–water partition coefficient (Wildman–Crippen LogP) is 2.09. The summed E-state index contributed by atoms with van der Waals surface area (Å²) in [7, 11) is 0. The Morgan fingerprint density at radius 2 is 2.18 bits per heavy atom. The van der Waals surface area contributed by atoms with E-state index < -0.39 is 0 Å². The van der Waals surface area contributed by atoms with Gasteiger partial charge in [-0.2, -0.15) is 0 Å². The van der Waals surface area contributed by atoms with Crippen LogP contribution in [0.15, 0.2) is 0 Å². The minimum absolute atomic E-state index is 0.295. The SMILES string of the molecule is CC1CN2CCCCC2CN1C(=O)CCCCl. The van der Waals surface area contributed by atoms with Crippen molar-refractivity contribution in [2.24, 2.45) is 0 Å². The van der Waals surface area contributed by atoms with E-state index in [4.69, 9.17) is 11.6 Å². The van der Waals surface area contributed by atoms with Crippen molar-refractivity contribution in [3.8, 4) is 0 Å². The summed E-state index contributed by atoms with van der Waals surface area (Å²) in [6.07, 6.45) is 5.31. The van der Waals surface area contributed by atoms with E-state index in [0.717, 1.165) is 19.5 Å². The molecule has 0 aliphatic carbocycles. The number of carbonyl (C=O) groups is 1. The summed E-state index contributed by atoms with van der Waals surface area (Å²) in [6.45, 7) is 5.38. The third kappa shape index (κ3) is 3.14. The molecule has 3 nitrogen and oxygen atoms in total. The highest BCUT2D eigenvalue weighted by Crippen LogP contribution is 2.24. The van der Waals surface area contributed by atoms with E-state index in [-0.39, 0.29) is 0 Å². The second kappa shape index (κ2) is 6.05. The zero-order valence-electron chi connectivity index (χ0n) is 10.7. The first kappa shape index (κ1) is 13.2. The average Bonchev–Trinajstić information content (AvgIpc) is 2.35. The Balaban J connectivity index is 1.92. The van der Waals surface area contributed by atoms with Crippen molar-refractivity contribution in [3.63, 3.8) is 0 Å². The third-order valence-corrected chi connectivity index (χ3v) is 4.30. The lowest BCUT2D eigenvalue weighted by Crippen LogP contribution is -2.60. The predicted molar refractivity (Wildman–Crippen MR) is 70.3 cm³/mol. The van der Waals surface area contributed by atoms with E-state index >= 15 is 0 Å². The van der Waals surface area contributed by atoms with Crippen LogP contribution in [0.5, 0.6) is 0 Å². The van der Waals surface area contributed by atoms with Gasteiger partial charge in [0.15, 0.2) is 0 Å². The number of nitrogens with zero attached hydrogens (tertiary/aromatic N) is 2. The second-order valence-corrected chi connectivity index (χ2v) is 5.71. The van der Waals surface area contributed by atoms with Gasteiger partial charge in [-0.15, -0.1) is 11.6 Å². The van der Waals surface area contributed by atoms with Gasteiger partial charge in [-0.1, -0.05) is 6.42 Å². The fourth-order valence-electron chi connectivity index (χ4n) is 3.06. The Bertz CT molecular complexity index is 272. The van der Waals surface area contributed by atoms with Crippen LogP contribution in [0.1, 0.15) is 39.0 Å². The Labute approximate surface area is 109 Å². The quantitative estimate of drug-likeness (QED) is 0.724. The molecule has 0 saturated carbocycles. The maximum Gasteiger partial charge on any atom is 0.222 e. The second-order valence-electron chi connectivity index (χ2n) is 5.33. The largest absolute Gasteiger partial charge is 0.337 e. The average molecular weight is 259 g/mol. The Hall–Kier alpha value is -0.280. The Morgan fingerprint density at radius 1 is 1.35 bits per heavy atom. The number of fused-ring (bicyclic) bond motifs is 1. The molecule has 2 atom stereocenters. The number of piperazine rings is 1. The number of halogens is 1. The summed E-state index contributed by atoms with van der Waals surface area (Å²) in [4.78, 5) is 16.7. The smallest absolute Gasteiger partial charge is 0.222 e. The number of amides is 1. The van der Waals surface area contributed by atoms with Gasteiger partial charge in [0.1, 0.15) is 0 Å². The summed E-state index contributed by atoms with van der Waals surface area (Å²) in [5, 5.41) is 0. The van der Waals surface area contributed by atoms with E-state index in [1.165, 1.54) is 25.8 Å². The molecule has 0 radical (unpaired) electrons. The standard InChI is InChI=1S/C13H23ClN2O/c1-11-9-15-8-3-2-5-12(15)10-16(11)13(17)6-4-7-14/h11-12H,2-10H2,1H3. The van der Waals surface area contributed by atoms with Gasteiger partial charge in [0.25, 0.3) is 0 Å². The van der Waals surface area contributed by atoms with Crippen molar-refractivity contribution in [2.45, 2.75) is 51.1 Å². The van der Waals surface area contributed by atoms with E-state index in [9.17, 15) is 4.79 Å². The number of carbonyl (C=O) groups excluding carboxylic acids is 1. The van der Waals surface area contributed by atoms with Crippen LogP contribution in [0.25, 0.3) is 0 Å². The third-order valence-electron chi connectivity index (χ3n) is 4.03. The monoisotopic (exact) mass is 258 g/mol. The highest BCUT2D eigenvalue weighted by Gasteiger charge is 2.34. The fraction of sp³-hybridized carbons (Fsp3) is 0.923. The van der Waals surface area contributed by atoms with Crippen molar-refractivity contribution in [1.29, 1.82) is 0 Å². The first-order valence-electron chi connectivity index (χ1n) is 6.82. The van der Waals surface area contributed by atoms with Crippen LogP contribution in [0, 0.1) is 0 Å². The minimum Gasteiger partial charge on any atom is -0.337 e. The van der Waals surface area contributed by atoms with Crippen molar-refractivity contribution in [3.05, 3.63) is 0 Å². The van der Waals surface area contributed by atoms with Gasteiger partial charge in [-0.05, 0) is 32.7 Å². The van der Waals surface area contributed by atoms with Crippen LogP contribution >= 0.6 is 11.6 Å². The molecule has 4 heteroatoms. The number of piperidine rings is 1. The molecule has 0 aromatic heterocycles. The molecule has 2 heterocycles. The topological polar surface area (TPSA) is 23.6 Å². The molecule has 2 aliphatic heterocycles. The highest BCUT2D eigenvalue weighted by atomic mass is 35.5. The van der Waals surface area contributed by atoms with Crippen LogP contribution in [-0.2, 0) is 4.79 Å². The zero-order valence-corrected chi connectivity index (χ0v) is 11.5. The highest BCUT2D eigenvalue weighted by molar-refractivity contribution is 6.17. The first-order valence-corrected chi connectivity index (χ1v) is 7.35. The van der Waals surface area contributed by atoms with Crippen molar-refractivity contribution < 1.29 is 4.79 Å². The number of alkyl halides is 1. The normalized spacial score (nSPS) is 30.1. The van der Waals surface area contributed by atoms with Crippen molar-refractivity contribution in [2.75, 3.05) is 25.5 Å². The van der Waals surface area contributed by atoms with Crippen LogP contribution in [-0.4, -0.2) is 53.3 Å². The molecule has 2 fully saturated rings. The van der Waals surface area contributed by atoms with Gasteiger partial charge < -0.3 is 4.90 Å². The molecule has 2 rings (SSSR count). The van der Waals surface area contributed by atoms with Crippen LogP contribution in [0.4, 0.5) is 0 Å². The summed E-state index contributed by atoms with van der Waals surface area (Å²) in [6, 6.07) is 0.979. The Kier molecular flexibility index (Phi) is 4.69. The fourth-order valence-corrected chi connectivity index (χ4v) is 3.19. The van der Waals surface area contributed by atoms with E-state index in [1.54, 1.807) is 0 Å². The molecule has 0 aromatic carbocycles. The van der Waals surface area contributed by atoms with Crippen LogP contribution < -0.4 is 0 Å². The minimum atomic E-state index is 0.295. The molecule has 17 heavy (non-hydrogen) atoms. The van der Waals surface area contributed by atoms with Gasteiger partial charge in [-0.3, -0.25) is 9.69 Å². The van der Waals surface area contributed by atoms with E-state index in [1.807, 2.05) is 0 Å².